The normalized spacial score (nSPS) is 7.88. The molecule has 0 saturated carbocycles. The second-order valence-electron chi connectivity index (χ2n) is 2.47. The van der Waals surface area contributed by atoms with Crippen molar-refractivity contribution < 1.29 is 14.6 Å². The molecule has 0 aliphatic rings. The van der Waals surface area contributed by atoms with E-state index in [0.717, 1.165) is 16.6 Å². The summed E-state index contributed by atoms with van der Waals surface area (Å²) in [5, 5.41) is 27.4. The van der Waals surface area contributed by atoms with Crippen molar-refractivity contribution in [2.24, 2.45) is 0 Å². The molecule has 1 N–H and O–H groups in total. The Balaban J connectivity index is 0.000000244. The molecule has 16 heavy (non-hydrogen) atoms. The van der Waals surface area contributed by atoms with Crippen LogP contribution in [0.1, 0.15) is 0 Å². The fourth-order valence-electron chi connectivity index (χ4n) is 0.766. The van der Waals surface area contributed by atoms with Gasteiger partial charge in [0.05, 0.1) is 0 Å². The third-order valence-electron chi connectivity index (χ3n) is 1.38. The van der Waals surface area contributed by atoms with E-state index >= 15 is 0 Å². The van der Waals surface area contributed by atoms with Crippen LogP contribution in [0.5, 0.6) is 0 Å². The molecule has 0 atom stereocenters. The van der Waals surface area contributed by atoms with Crippen LogP contribution in [-0.2, 0) is 0 Å². The summed E-state index contributed by atoms with van der Waals surface area (Å²) in [5.41, 5.74) is 0. The summed E-state index contributed by atoms with van der Waals surface area (Å²) in [7, 11) is 1.00. The minimum absolute atomic E-state index is 0.750. The molecule has 0 radical (unpaired) electrons. The summed E-state index contributed by atoms with van der Waals surface area (Å²) in [6.45, 7) is 0. The molecular weight excluding hydrogens is 208 g/mol. The zero-order chi connectivity index (χ0) is 12.2. The van der Waals surface area contributed by atoms with E-state index < -0.39 is 0 Å². The third kappa shape index (κ3) is 7.28. The summed E-state index contributed by atoms with van der Waals surface area (Å²) in [6, 6.07) is 10.4. The number of hydrogen-bond acceptors (Lipinski definition) is 3. The summed E-state index contributed by atoms with van der Waals surface area (Å²) in [5.74, 6) is 0. The van der Waals surface area contributed by atoms with E-state index in [0.29, 0.717) is 0 Å². The van der Waals surface area contributed by atoms with Gasteiger partial charge in [-0.15, -0.1) is 0 Å². The van der Waals surface area contributed by atoms with Gasteiger partial charge in [0, 0.05) is 31.4 Å². The molecule has 0 amide bonds. The number of aliphatic hydroxyl groups is 1. The van der Waals surface area contributed by atoms with Crippen LogP contribution in [0.3, 0.4) is 0 Å². The first-order chi connectivity index (χ1) is 7.79. The Hall–Kier alpha value is -2.14. The van der Waals surface area contributed by atoms with Gasteiger partial charge in [0.1, 0.15) is 0 Å². The van der Waals surface area contributed by atoms with Crippen molar-refractivity contribution in [2.75, 3.05) is 7.11 Å². The molecule has 2 rings (SSSR count). The standard InChI is InChI=1S/2C5H5NO.CH4O/c2*7-6-4-2-1-3-5-6;1-2/h2*1-5H;2H,1H3. The van der Waals surface area contributed by atoms with Crippen LogP contribution in [0.15, 0.2) is 61.2 Å². The zero-order valence-electron chi connectivity index (χ0n) is 8.93. The van der Waals surface area contributed by atoms with Crippen LogP contribution in [-0.4, -0.2) is 12.2 Å². The third-order valence-corrected chi connectivity index (χ3v) is 1.38. The fraction of sp³-hybridized carbons (Fsp3) is 0.0909. The van der Waals surface area contributed by atoms with E-state index in [2.05, 4.69) is 0 Å². The molecule has 0 aromatic carbocycles. The Morgan fingerprint density at radius 1 is 0.625 bits per heavy atom. The lowest BCUT2D eigenvalue weighted by molar-refractivity contribution is -0.605. The molecule has 0 spiro atoms. The van der Waals surface area contributed by atoms with Gasteiger partial charge >= 0.3 is 0 Å². The first kappa shape index (κ1) is 13.9. The Bertz CT molecular complexity index is 317. The maximum Gasteiger partial charge on any atom is 0.180 e. The van der Waals surface area contributed by atoms with Crippen LogP contribution < -0.4 is 9.46 Å². The Morgan fingerprint density at radius 2 is 0.875 bits per heavy atom. The van der Waals surface area contributed by atoms with Crippen molar-refractivity contribution in [3.8, 4) is 0 Å². The van der Waals surface area contributed by atoms with Crippen molar-refractivity contribution in [2.45, 2.75) is 0 Å². The smallest absolute Gasteiger partial charge is 0.180 e. The number of pyridine rings is 2. The minimum atomic E-state index is 0.750. The highest BCUT2D eigenvalue weighted by Gasteiger charge is 1.75. The van der Waals surface area contributed by atoms with Crippen LogP contribution in [0, 0.1) is 10.4 Å². The summed E-state index contributed by atoms with van der Waals surface area (Å²) >= 11 is 0. The summed E-state index contributed by atoms with van der Waals surface area (Å²) < 4.78 is 1.50. The molecule has 2 aromatic rings. The van der Waals surface area contributed by atoms with Gasteiger partial charge in [-0.25, -0.2) is 0 Å². The molecule has 0 bridgehead atoms. The largest absolute Gasteiger partial charge is 0.619 e. The predicted octanol–water partition coefficient (Wildman–Crippen LogP) is 0.248. The van der Waals surface area contributed by atoms with Gasteiger partial charge in [0.15, 0.2) is 24.8 Å². The average Bonchev–Trinajstić information content (AvgIpc) is 2.34. The first-order valence-corrected chi connectivity index (χ1v) is 4.51. The highest BCUT2D eigenvalue weighted by atomic mass is 16.5. The van der Waals surface area contributed by atoms with Gasteiger partial charge in [0.25, 0.3) is 0 Å². The molecule has 0 unspecified atom stereocenters. The van der Waals surface area contributed by atoms with Crippen LogP contribution in [0.25, 0.3) is 0 Å². The average molecular weight is 222 g/mol. The van der Waals surface area contributed by atoms with Gasteiger partial charge in [-0.05, 0) is 0 Å². The second-order valence-corrected chi connectivity index (χ2v) is 2.47. The van der Waals surface area contributed by atoms with Crippen LogP contribution in [0.2, 0.25) is 0 Å². The number of aromatic nitrogens is 2. The maximum absolute atomic E-state index is 10.2. The van der Waals surface area contributed by atoms with Gasteiger partial charge in [0.2, 0.25) is 0 Å². The van der Waals surface area contributed by atoms with E-state index in [4.69, 9.17) is 5.11 Å². The Morgan fingerprint density at radius 3 is 1.00 bits per heavy atom. The van der Waals surface area contributed by atoms with Crippen LogP contribution >= 0.6 is 0 Å². The zero-order valence-corrected chi connectivity index (χ0v) is 8.93. The molecule has 86 valence electrons. The molecule has 2 aromatic heterocycles. The van der Waals surface area contributed by atoms with E-state index in [9.17, 15) is 10.4 Å². The van der Waals surface area contributed by atoms with Crippen LogP contribution in [0.4, 0.5) is 0 Å². The SMILES string of the molecule is CO.[O-][n+]1ccccc1.[O-][n+]1ccccc1. The lowest BCUT2D eigenvalue weighted by Gasteiger charge is -1.88. The van der Waals surface area contributed by atoms with Crippen molar-refractivity contribution in [3.05, 3.63) is 71.6 Å². The predicted molar refractivity (Wildman–Crippen MR) is 58.9 cm³/mol. The second kappa shape index (κ2) is 9.42. The fourth-order valence-corrected chi connectivity index (χ4v) is 0.766. The quantitative estimate of drug-likeness (QED) is 0.513. The molecule has 5 nitrogen and oxygen atoms in total. The molecule has 0 fully saturated rings. The van der Waals surface area contributed by atoms with Gasteiger partial charge in [-0.2, -0.15) is 9.46 Å². The summed E-state index contributed by atoms with van der Waals surface area (Å²) in [6.07, 6.45) is 5.78. The van der Waals surface area contributed by atoms with Crippen molar-refractivity contribution in [1.29, 1.82) is 0 Å². The van der Waals surface area contributed by atoms with E-state index in [-0.39, 0.29) is 0 Å². The first-order valence-electron chi connectivity index (χ1n) is 4.51. The van der Waals surface area contributed by atoms with E-state index in [1.54, 1.807) is 36.4 Å². The van der Waals surface area contributed by atoms with E-state index in [1.807, 2.05) is 0 Å². The number of rotatable bonds is 0. The number of aliphatic hydroxyl groups excluding tert-OH is 1. The molecule has 5 heteroatoms. The Labute approximate surface area is 94.0 Å². The minimum Gasteiger partial charge on any atom is -0.619 e. The van der Waals surface area contributed by atoms with Crippen molar-refractivity contribution in [3.63, 3.8) is 0 Å². The highest BCUT2D eigenvalue weighted by Crippen LogP contribution is 1.72. The van der Waals surface area contributed by atoms with E-state index in [1.165, 1.54) is 24.8 Å². The topological polar surface area (TPSA) is 74.1 Å². The molecule has 2 heterocycles. The monoisotopic (exact) mass is 222 g/mol. The molecular formula is C11H14N2O3. The molecule has 0 aliphatic heterocycles. The van der Waals surface area contributed by atoms with Crippen molar-refractivity contribution in [1.82, 2.24) is 0 Å². The number of nitrogens with zero attached hydrogens (tertiary/aromatic N) is 2. The maximum atomic E-state index is 10.2. The number of hydrogen-bond donors (Lipinski definition) is 1. The summed E-state index contributed by atoms with van der Waals surface area (Å²) in [4.78, 5) is 0. The molecule has 0 saturated heterocycles. The van der Waals surface area contributed by atoms with Gasteiger partial charge in [-0.3, -0.25) is 0 Å². The lowest BCUT2D eigenvalue weighted by Crippen LogP contribution is -2.22. The van der Waals surface area contributed by atoms with Crippen molar-refractivity contribution >= 4 is 0 Å². The lowest BCUT2D eigenvalue weighted by atomic mass is 10.5. The highest BCUT2D eigenvalue weighted by molar-refractivity contribution is 4.84. The van der Waals surface area contributed by atoms with Gasteiger partial charge in [-0.1, -0.05) is 12.1 Å². The molecule has 0 aliphatic carbocycles. The Kier molecular flexibility index (Phi) is 8.16. The van der Waals surface area contributed by atoms with Gasteiger partial charge < -0.3 is 15.5 Å².